The summed E-state index contributed by atoms with van der Waals surface area (Å²) in [5.74, 6) is -1.20. The molecule has 0 atom stereocenters. The lowest BCUT2D eigenvalue weighted by atomic mass is 10.1. The fourth-order valence-corrected chi connectivity index (χ4v) is 1.72. The smallest absolute Gasteiger partial charge is 0.465 e. The maximum Gasteiger partial charge on any atom is 0.573 e. The second kappa shape index (κ2) is 4.95. The van der Waals surface area contributed by atoms with Crippen molar-refractivity contribution in [2.24, 2.45) is 0 Å². The minimum Gasteiger partial charge on any atom is -0.465 e. The van der Waals surface area contributed by atoms with E-state index < -0.39 is 18.1 Å². The van der Waals surface area contributed by atoms with Crippen molar-refractivity contribution in [3.63, 3.8) is 0 Å². The first-order valence-electron chi connectivity index (χ1n) is 4.39. The van der Waals surface area contributed by atoms with Gasteiger partial charge in [-0.2, -0.15) is 0 Å². The van der Waals surface area contributed by atoms with E-state index in [-0.39, 0.29) is 10.0 Å². The van der Waals surface area contributed by atoms with Gasteiger partial charge in [0.05, 0.1) is 17.1 Å². The quantitative estimate of drug-likeness (QED) is 0.785. The van der Waals surface area contributed by atoms with Crippen molar-refractivity contribution in [2.75, 3.05) is 7.11 Å². The molecule has 0 heterocycles. The fraction of sp³-hybridized carbons (Fsp3) is 0.300. The first kappa shape index (κ1) is 13.8. The molecular formula is C10H8BrF3O3. The highest BCUT2D eigenvalue weighted by molar-refractivity contribution is 9.10. The number of alkyl halides is 3. The Morgan fingerprint density at radius 1 is 1.35 bits per heavy atom. The van der Waals surface area contributed by atoms with Gasteiger partial charge in [-0.15, -0.1) is 13.2 Å². The zero-order chi connectivity index (χ0) is 13.2. The van der Waals surface area contributed by atoms with Crippen LogP contribution in [0.25, 0.3) is 0 Å². The summed E-state index contributed by atoms with van der Waals surface area (Å²) in [6.45, 7) is 1.58. The molecule has 1 aromatic carbocycles. The number of benzene rings is 1. The van der Waals surface area contributed by atoms with E-state index in [2.05, 4.69) is 25.4 Å². The number of esters is 1. The van der Waals surface area contributed by atoms with Crippen molar-refractivity contribution in [3.8, 4) is 5.75 Å². The zero-order valence-electron chi connectivity index (χ0n) is 8.89. The molecule has 1 aromatic rings. The van der Waals surface area contributed by atoms with Gasteiger partial charge in [-0.05, 0) is 40.5 Å². The Kier molecular flexibility index (Phi) is 4.03. The molecule has 3 nitrogen and oxygen atoms in total. The molecule has 94 valence electrons. The van der Waals surface area contributed by atoms with Crippen molar-refractivity contribution in [3.05, 3.63) is 27.7 Å². The molecule has 0 bridgehead atoms. The summed E-state index contributed by atoms with van der Waals surface area (Å²) < 4.78 is 44.6. The number of carbonyl (C=O) groups is 1. The highest BCUT2D eigenvalue weighted by Crippen LogP contribution is 2.33. The van der Waals surface area contributed by atoms with Crippen LogP contribution in [0.2, 0.25) is 0 Å². The van der Waals surface area contributed by atoms with Crippen LogP contribution in [0.3, 0.4) is 0 Å². The van der Waals surface area contributed by atoms with Gasteiger partial charge < -0.3 is 9.47 Å². The van der Waals surface area contributed by atoms with Gasteiger partial charge in [0.2, 0.25) is 0 Å². The molecule has 0 aliphatic rings. The normalized spacial score (nSPS) is 11.2. The maximum atomic E-state index is 12.1. The molecule has 0 radical (unpaired) electrons. The number of halogens is 4. The van der Waals surface area contributed by atoms with Crippen LogP contribution >= 0.6 is 15.9 Å². The van der Waals surface area contributed by atoms with Crippen LogP contribution in [-0.2, 0) is 4.74 Å². The third-order valence-corrected chi connectivity index (χ3v) is 2.53. The molecule has 0 aliphatic carbocycles. The summed E-state index contributed by atoms with van der Waals surface area (Å²) in [7, 11) is 1.15. The van der Waals surface area contributed by atoms with E-state index in [1.165, 1.54) is 6.07 Å². The van der Waals surface area contributed by atoms with E-state index >= 15 is 0 Å². The molecule has 0 amide bonds. The van der Waals surface area contributed by atoms with Crippen molar-refractivity contribution in [1.82, 2.24) is 0 Å². The average Bonchev–Trinajstić information content (AvgIpc) is 2.19. The molecule has 0 spiro atoms. The molecule has 7 heteroatoms. The predicted octanol–water partition coefficient (Wildman–Crippen LogP) is 3.44. The number of rotatable bonds is 2. The van der Waals surface area contributed by atoms with E-state index in [0.717, 1.165) is 13.2 Å². The molecule has 0 aromatic heterocycles. The second-order valence-electron chi connectivity index (χ2n) is 3.14. The lowest BCUT2D eigenvalue weighted by Crippen LogP contribution is -2.18. The summed E-state index contributed by atoms with van der Waals surface area (Å²) >= 11 is 2.93. The lowest BCUT2D eigenvalue weighted by molar-refractivity contribution is -0.274. The minimum absolute atomic E-state index is 0.0231. The molecule has 0 aliphatic heterocycles. The van der Waals surface area contributed by atoms with Gasteiger partial charge in [-0.25, -0.2) is 4.79 Å². The molecule has 0 saturated carbocycles. The molecule has 0 N–H and O–H groups in total. The zero-order valence-corrected chi connectivity index (χ0v) is 10.5. The van der Waals surface area contributed by atoms with Crippen molar-refractivity contribution < 1.29 is 27.4 Å². The number of aryl methyl sites for hydroxylation is 1. The third kappa shape index (κ3) is 3.62. The van der Waals surface area contributed by atoms with Gasteiger partial charge in [0.15, 0.2) is 0 Å². The van der Waals surface area contributed by atoms with E-state index in [1.54, 1.807) is 6.92 Å². The maximum absolute atomic E-state index is 12.1. The highest BCUT2D eigenvalue weighted by Gasteiger charge is 2.32. The van der Waals surface area contributed by atoms with E-state index in [0.29, 0.717) is 5.56 Å². The summed E-state index contributed by atoms with van der Waals surface area (Å²) in [6, 6.07) is 2.34. The Morgan fingerprint density at radius 2 is 1.94 bits per heavy atom. The summed E-state index contributed by atoms with van der Waals surface area (Å²) in [6.07, 6.45) is -4.81. The summed E-state index contributed by atoms with van der Waals surface area (Å²) in [4.78, 5) is 11.3. The average molecular weight is 313 g/mol. The number of ether oxygens (including phenoxy) is 2. The Bertz CT molecular complexity index is 443. The van der Waals surface area contributed by atoms with Gasteiger partial charge in [-0.1, -0.05) is 0 Å². The van der Waals surface area contributed by atoms with Gasteiger partial charge in [0, 0.05) is 0 Å². The Hall–Kier alpha value is -1.24. The SMILES string of the molecule is COC(=O)c1cc(OC(F)(F)F)c(Br)cc1C. The third-order valence-electron chi connectivity index (χ3n) is 1.91. The molecule has 17 heavy (non-hydrogen) atoms. The van der Waals surface area contributed by atoms with Crippen LogP contribution in [0.5, 0.6) is 5.75 Å². The Labute approximate surface area is 104 Å². The van der Waals surface area contributed by atoms with E-state index in [9.17, 15) is 18.0 Å². The van der Waals surface area contributed by atoms with E-state index in [4.69, 9.17) is 0 Å². The second-order valence-corrected chi connectivity index (χ2v) is 3.99. The van der Waals surface area contributed by atoms with Crippen molar-refractivity contribution in [2.45, 2.75) is 13.3 Å². The van der Waals surface area contributed by atoms with Gasteiger partial charge in [0.25, 0.3) is 0 Å². The van der Waals surface area contributed by atoms with Gasteiger partial charge in [0.1, 0.15) is 5.75 Å². The predicted molar refractivity (Wildman–Crippen MR) is 56.9 cm³/mol. The highest BCUT2D eigenvalue weighted by atomic mass is 79.9. The number of hydrogen-bond acceptors (Lipinski definition) is 3. The number of carbonyl (C=O) groups excluding carboxylic acids is 1. The van der Waals surface area contributed by atoms with Gasteiger partial charge in [-0.3, -0.25) is 0 Å². The number of hydrogen-bond donors (Lipinski definition) is 0. The largest absolute Gasteiger partial charge is 0.573 e. The van der Waals surface area contributed by atoms with Crippen molar-refractivity contribution in [1.29, 1.82) is 0 Å². The Balaban J connectivity index is 3.19. The molecule has 1 rings (SSSR count). The van der Waals surface area contributed by atoms with Crippen LogP contribution in [0.4, 0.5) is 13.2 Å². The van der Waals surface area contributed by atoms with Crippen LogP contribution in [0.1, 0.15) is 15.9 Å². The minimum atomic E-state index is -4.81. The van der Waals surface area contributed by atoms with Crippen LogP contribution < -0.4 is 4.74 Å². The van der Waals surface area contributed by atoms with Crippen molar-refractivity contribution >= 4 is 21.9 Å². The topological polar surface area (TPSA) is 35.5 Å². The van der Waals surface area contributed by atoms with Crippen LogP contribution in [-0.4, -0.2) is 19.4 Å². The standard InChI is InChI=1S/C10H8BrF3O3/c1-5-3-7(11)8(17-10(12,13)14)4-6(5)9(15)16-2/h3-4H,1-2H3. The molecule has 0 unspecified atom stereocenters. The van der Waals surface area contributed by atoms with Crippen LogP contribution in [0, 0.1) is 6.92 Å². The fourth-order valence-electron chi connectivity index (χ4n) is 1.19. The summed E-state index contributed by atoms with van der Waals surface area (Å²) in [5.41, 5.74) is 0.508. The molecular weight excluding hydrogens is 305 g/mol. The van der Waals surface area contributed by atoms with E-state index in [1.807, 2.05) is 0 Å². The molecule has 0 fully saturated rings. The lowest BCUT2D eigenvalue weighted by Gasteiger charge is -2.13. The number of methoxy groups -OCH3 is 1. The van der Waals surface area contributed by atoms with Crippen LogP contribution in [0.15, 0.2) is 16.6 Å². The molecule has 0 saturated heterocycles. The monoisotopic (exact) mass is 312 g/mol. The summed E-state index contributed by atoms with van der Waals surface area (Å²) in [5, 5.41) is 0. The Morgan fingerprint density at radius 3 is 2.41 bits per heavy atom. The first-order chi connectivity index (χ1) is 7.74. The first-order valence-corrected chi connectivity index (χ1v) is 5.18. The van der Waals surface area contributed by atoms with Gasteiger partial charge >= 0.3 is 12.3 Å².